The second-order valence-corrected chi connectivity index (χ2v) is 8.10. The minimum Gasteiger partial charge on any atom is -0.507 e. The average molecular weight is 443 g/mol. The largest absolute Gasteiger partial charge is 0.507 e. The van der Waals surface area contributed by atoms with Gasteiger partial charge in [0, 0.05) is 24.5 Å². The number of Topliss-reactive ketones (excluding diaryl/α,β-unsaturated/α-hetero) is 1. The lowest BCUT2D eigenvalue weighted by Gasteiger charge is -2.25. The zero-order valence-corrected chi connectivity index (χ0v) is 18.9. The summed E-state index contributed by atoms with van der Waals surface area (Å²) in [5.41, 5.74) is 3.97. The number of pyridine rings is 1. The summed E-state index contributed by atoms with van der Waals surface area (Å²) in [6.45, 7) is 6.44. The van der Waals surface area contributed by atoms with Crippen molar-refractivity contribution in [1.29, 1.82) is 0 Å². The number of aryl methyl sites for hydroxylation is 2. The Labute approximate surface area is 193 Å². The highest BCUT2D eigenvalue weighted by Crippen LogP contribution is 2.41. The van der Waals surface area contributed by atoms with Crippen molar-refractivity contribution in [3.63, 3.8) is 0 Å². The molecule has 1 aliphatic rings. The van der Waals surface area contributed by atoms with E-state index in [0.29, 0.717) is 17.9 Å². The Morgan fingerprint density at radius 1 is 1.03 bits per heavy atom. The summed E-state index contributed by atoms with van der Waals surface area (Å²) >= 11 is 0. The maximum Gasteiger partial charge on any atom is 0.295 e. The van der Waals surface area contributed by atoms with Crippen LogP contribution in [0.2, 0.25) is 0 Å². The number of ketones is 1. The maximum atomic E-state index is 13.2. The quantitative estimate of drug-likeness (QED) is 0.339. The van der Waals surface area contributed by atoms with Crippen molar-refractivity contribution in [2.45, 2.75) is 33.4 Å². The SMILES string of the molecule is CCOc1ccc(C2C(=C(O)c3cc(C)ccc3C)C(=O)C(=O)N2Cc2ccncc2)cc1. The minimum atomic E-state index is -0.728. The smallest absolute Gasteiger partial charge is 0.295 e. The molecular weight excluding hydrogens is 416 g/mol. The molecule has 0 spiro atoms. The summed E-state index contributed by atoms with van der Waals surface area (Å²) in [4.78, 5) is 31.9. The third-order valence-electron chi connectivity index (χ3n) is 5.80. The first-order chi connectivity index (χ1) is 15.9. The zero-order valence-electron chi connectivity index (χ0n) is 18.9. The minimum absolute atomic E-state index is 0.0897. The molecule has 0 bridgehead atoms. The van der Waals surface area contributed by atoms with Crippen molar-refractivity contribution in [3.8, 4) is 5.75 Å². The molecular formula is C27H26N2O4. The number of amides is 1. The van der Waals surface area contributed by atoms with E-state index >= 15 is 0 Å². The molecule has 33 heavy (non-hydrogen) atoms. The van der Waals surface area contributed by atoms with Crippen LogP contribution in [0.5, 0.6) is 5.75 Å². The molecule has 2 aromatic carbocycles. The number of aliphatic hydroxyl groups is 1. The van der Waals surface area contributed by atoms with Crippen LogP contribution in [0.15, 0.2) is 72.6 Å². The van der Waals surface area contributed by atoms with Crippen LogP contribution in [-0.4, -0.2) is 33.3 Å². The Balaban J connectivity index is 1.87. The van der Waals surface area contributed by atoms with Gasteiger partial charge < -0.3 is 14.7 Å². The van der Waals surface area contributed by atoms with E-state index in [1.165, 1.54) is 4.90 Å². The fourth-order valence-corrected chi connectivity index (χ4v) is 4.12. The molecule has 4 rings (SSSR count). The van der Waals surface area contributed by atoms with Gasteiger partial charge >= 0.3 is 0 Å². The fraction of sp³-hybridized carbons (Fsp3) is 0.222. The van der Waals surface area contributed by atoms with Crippen molar-refractivity contribution in [1.82, 2.24) is 9.88 Å². The van der Waals surface area contributed by atoms with E-state index in [0.717, 1.165) is 22.3 Å². The van der Waals surface area contributed by atoms with Crippen molar-refractivity contribution in [2.75, 3.05) is 6.61 Å². The maximum absolute atomic E-state index is 13.2. The summed E-state index contributed by atoms with van der Waals surface area (Å²) in [6, 6.07) is 15.8. The Morgan fingerprint density at radius 3 is 2.39 bits per heavy atom. The molecule has 1 saturated heterocycles. The van der Waals surface area contributed by atoms with Crippen LogP contribution in [0.25, 0.3) is 5.76 Å². The highest BCUT2D eigenvalue weighted by molar-refractivity contribution is 6.46. The predicted molar refractivity (Wildman–Crippen MR) is 126 cm³/mol. The van der Waals surface area contributed by atoms with Crippen LogP contribution in [0.4, 0.5) is 0 Å². The van der Waals surface area contributed by atoms with Gasteiger partial charge in [0.25, 0.3) is 11.7 Å². The van der Waals surface area contributed by atoms with Crippen molar-refractivity contribution in [3.05, 3.63) is 100 Å². The first-order valence-corrected chi connectivity index (χ1v) is 10.9. The lowest BCUT2D eigenvalue weighted by molar-refractivity contribution is -0.140. The summed E-state index contributed by atoms with van der Waals surface area (Å²) in [6.07, 6.45) is 3.29. The van der Waals surface area contributed by atoms with Gasteiger partial charge in [0.2, 0.25) is 0 Å². The number of ether oxygens (including phenoxy) is 1. The van der Waals surface area contributed by atoms with Gasteiger partial charge in [-0.25, -0.2) is 0 Å². The van der Waals surface area contributed by atoms with Crippen LogP contribution in [0.1, 0.15) is 40.8 Å². The predicted octanol–water partition coefficient (Wildman–Crippen LogP) is 4.72. The van der Waals surface area contributed by atoms with Gasteiger partial charge in [-0.3, -0.25) is 14.6 Å². The molecule has 1 unspecified atom stereocenters. The van der Waals surface area contributed by atoms with Crippen molar-refractivity contribution >= 4 is 17.4 Å². The van der Waals surface area contributed by atoms with Gasteiger partial charge in [-0.1, -0.05) is 29.8 Å². The molecule has 1 aromatic heterocycles. The van der Waals surface area contributed by atoms with Gasteiger partial charge in [0.05, 0.1) is 18.2 Å². The number of nitrogens with zero attached hydrogens (tertiary/aromatic N) is 2. The number of aliphatic hydroxyl groups excluding tert-OH is 1. The number of hydrogen-bond acceptors (Lipinski definition) is 5. The Bertz CT molecular complexity index is 1220. The number of aromatic nitrogens is 1. The normalized spacial score (nSPS) is 17.4. The molecule has 168 valence electrons. The van der Waals surface area contributed by atoms with E-state index in [1.807, 2.05) is 63.2 Å². The summed E-state index contributed by atoms with van der Waals surface area (Å²) in [5, 5.41) is 11.3. The van der Waals surface area contributed by atoms with E-state index in [-0.39, 0.29) is 17.9 Å². The monoisotopic (exact) mass is 442 g/mol. The molecule has 0 radical (unpaired) electrons. The first-order valence-electron chi connectivity index (χ1n) is 10.9. The number of carbonyl (C=O) groups excluding carboxylic acids is 2. The molecule has 6 heteroatoms. The van der Waals surface area contributed by atoms with Crippen molar-refractivity contribution in [2.24, 2.45) is 0 Å². The number of likely N-dealkylation sites (tertiary alicyclic amines) is 1. The second-order valence-electron chi connectivity index (χ2n) is 8.10. The standard InChI is InChI=1S/C27H26N2O4/c1-4-33-21-9-7-20(8-10-21)24-23(25(30)22-15-17(2)5-6-18(22)3)26(31)27(32)29(24)16-19-11-13-28-14-12-19/h5-15,24,30H,4,16H2,1-3H3. The third-order valence-corrected chi connectivity index (χ3v) is 5.80. The van der Waals surface area contributed by atoms with Crippen LogP contribution in [-0.2, 0) is 16.1 Å². The molecule has 0 aliphatic carbocycles. The van der Waals surface area contributed by atoms with E-state index in [1.54, 1.807) is 24.5 Å². The summed E-state index contributed by atoms with van der Waals surface area (Å²) < 4.78 is 5.54. The molecule has 0 saturated carbocycles. The van der Waals surface area contributed by atoms with Crippen LogP contribution >= 0.6 is 0 Å². The highest BCUT2D eigenvalue weighted by atomic mass is 16.5. The van der Waals surface area contributed by atoms with Crippen LogP contribution in [0, 0.1) is 13.8 Å². The highest BCUT2D eigenvalue weighted by Gasteiger charge is 2.46. The fourth-order valence-electron chi connectivity index (χ4n) is 4.12. The Morgan fingerprint density at radius 2 is 1.73 bits per heavy atom. The van der Waals surface area contributed by atoms with Gasteiger partial charge in [0.1, 0.15) is 11.5 Å². The first kappa shape index (κ1) is 22.3. The van der Waals surface area contributed by atoms with Crippen molar-refractivity contribution < 1.29 is 19.4 Å². The van der Waals surface area contributed by atoms with Gasteiger partial charge in [-0.15, -0.1) is 0 Å². The molecule has 6 nitrogen and oxygen atoms in total. The topological polar surface area (TPSA) is 79.7 Å². The molecule has 1 amide bonds. The lowest BCUT2D eigenvalue weighted by Crippen LogP contribution is -2.29. The van der Waals surface area contributed by atoms with Crippen LogP contribution < -0.4 is 4.74 Å². The van der Waals surface area contributed by atoms with E-state index in [4.69, 9.17) is 4.74 Å². The number of carbonyl (C=O) groups is 2. The van der Waals surface area contributed by atoms with E-state index < -0.39 is 17.7 Å². The number of rotatable bonds is 6. The molecule has 1 fully saturated rings. The number of hydrogen-bond donors (Lipinski definition) is 1. The third kappa shape index (κ3) is 4.37. The summed E-state index contributed by atoms with van der Waals surface area (Å²) in [5.74, 6) is -0.800. The average Bonchev–Trinajstić information content (AvgIpc) is 3.06. The molecule has 1 aliphatic heterocycles. The van der Waals surface area contributed by atoms with Gasteiger partial charge in [0.15, 0.2) is 0 Å². The van der Waals surface area contributed by atoms with E-state index in [9.17, 15) is 14.7 Å². The number of benzene rings is 2. The molecule has 3 aromatic rings. The van der Waals surface area contributed by atoms with E-state index in [2.05, 4.69) is 4.98 Å². The molecule has 1 N–H and O–H groups in total. The second kappa shape index (κ2) is 9.28. The van der Waals surface area contributed by atoms with Gasteiger partial charge in [-0.2, -0.15) is 0 Å². The lowest BCUT2D eigenvalue weighted by atomic mass is 9.93. The summed E-state index contributed by atoms with van der Waals surface area (Å²) in [7, 11) is 0. The Kier molecular flexibility index (Phi) is 6.27. The van der Waals surface area contributed by atoms with Gasteiger partial charge in [-0.05, 0) is 67.8 Å². The zero-order chi connectivity index (χ0) is 23.5. The Hall–Kier alpha value is -3.93. The molecule has 1 atom stereocenters. The van der Waals surface area contributed by atoms with Crippen LogP contribution in [0.3, 0.4) is 0 Å². The molecule has 2 heterocycles.